The van der Waals surface area contributed by atoms with Crippen molar-refractivity contribution in [3.63, 3.8) is 0 Å². The summed E-state index contributed by atoms with van der Waals surface area (Å²) in [6, 6.07) is 9.72. The molecule has 0 bridgehead atoms. The van der Waals surface area contributed by atoms with Gasteiger partial charge >= 0.3 is 0 Å². The zero-order valence-electron chi connectivity index (χ0n) is 15.8. The molecule has 2 N–H and O–H groups in total. The number of amides is 1. The Hall–Kier alpha value is -2.14. The standard InChI is InChI=1S/C20H29N3O2/c1-14-11-15(2)23(22-14)16(3)13-21-19(24)18-8-6-7-17(12-18)9-10-20(4,5)25/h6-8,11-12,16,25H,9-10,13H2,1-5H3,(H,21,24)/t16-/m1/s1. The summed E-state index contributed by atoms with van der Waals surface area (Å²) in [4.78, 5) is 12.4. The van der Waals surface area contributed by atoms with Gasteiger partial charge in [0.15, 0.2) is 0 Å². The number of benzene rings is 1. The van der Waals surface area contributed by atoms with E-state index in [2.05, 4.69) is 10.4 Å². The summed E-state index contributed by atoms with van der Waals surface area (Å²) in [5.74, 6) is -0.0847. The van der Waals surface area contributed by atoms with Crippen molar-refractivity contribution in [1.29, 1.82) is 0 Å². The zero-order chi connectivity index (χ0) is 18.6. The van der Waals surface area contributed by atoms with Crippen molar-refractivity contribution in [2.45, 2.75) is 59.1 Å². The van der Waals surface area contributed by atoms with Crippen molar-refractivity contribution in [2.24, 2.45) is 0 Å². The topological polar surface area (TPSA) is 67.2 Å². The third-order valence-electron chi connectivity index (χ3n) is 4.23. The number of hydrogen-bond acceptors (Lipinski definition) is 3. The lowest BCUT2D eigenvalue weighted by molar-refractivity contribution is 0.0714. The summed E-state index contributed by atoms with van der Waals surface area (Å²) in [5.41, 5.74) is 3.08. The Balaban J connectivity index is 1.95. The second-order valence-corrected chi connectivity index (χ2v) is 7.44. The van der Waals surface area contributed by atoms with Crippen LogP contribution in [0.4, 0.5) is 0 Å². The summed E-state index contributed by atoms with van der Waals surface area (Å²) in [6.07, 6.45) is 1.40. The quantitative estimate of drug-likeness (QED) is 0.811. The van der Waals surface area contributed by atoms with Gasteiger partial charge in [-0.1, -0.05) is 12.1 Å². The Labute approximate surface area is 150 Å². The SMILES string of the molecule is Cc1cc(C)n([C@H](C)CNC(=O)c2cccc(CCC(C)(C)O)c2)n1. The molecule has 1 amide bonds. The van der Waals surface area contributed by atoms with E-state index >= 15 is 0 Å². The lowest BCUT2D eigenvalue weighted by Crippen LogP contribution is -2.30. The van der Waals surface area contributed by atoms with Crippen LogP contribution < -0.4 is 5.32 Å². The van der Waals surface area contributed by atoms with Gasteiger partial charge in [0, 0.05) is 17.8 Å². The molecule has 136 valence electrons. The first kappa shape index (κ1) is 19.2. The molecule has 1 aromatic carbocycles. The highest BCUT2D eigenvalue weighted by Crippen LogP contribution is 2.15. The van der Waals surface area contributed by atoms with Gasteiger partial charge in [-0.3, -0.25) is 9.48 Å². The minimum atomic E-state index is -0.701. The number of aryl methyl sites for hydroxylation is 3. The Morgan fingerprint density at radius 1 is 1.32 bits per heavy atom. The number of hydrogen-bond donors (Lipinski definition) is 2. The Kier molecular flexibility index (Phi) is 6.01. The summed E-state index contributed by atoms with van der Waals surface area (Å²) >= 11 is 0. The van der Waals surface area contributed by atoms with Crippen LogP contribution in [0.15, 0.2) is 30.3 Å². The van der Waals surface area contributed by atoms with Crippen molar-refractivity contribution in [2.75, 3.05) is 6.54 Å². The van der Waals surface area contributed by atoms with Crippen LogP contribution in [0, 0.1) is 13.8 Å². The second-order valence-electron chi connectivity index (χ2n) is 7.44. The van der Waals surface area contributed by atoms with Crippen LogP contribution in [0.5, 0.6) is 0 Å². The number of rotatable bonds is 7. The average Bonchev–Trinajstić information content (AvgIpc) is 2.88. The predicted octanol–water partition coefficient (Wildman–Crippen LogP) is 3.19. The molecule has 0 unspecified atom stereocenters. The minimum Gasteiger partial charge on any atom is -0.390 e. The molecule has 2 aromatic rings. The van der Waals surface area contributed by atoms with Crippen molar-refractivity contribution >= 4 is 5.91 Å². The smallest absolute Gasteiger partial charge is 0.251 e. The molecule has 0 aliphatic heterocycles. The van der Waals surface area contributed by atoms with Gasteiger partial charge in [-0.15, -0.1) is 0 Å². The van der Waals surface area contributed by atoms with Gasteiger partial charge in [-0.2, -0.15) is 5.10 Å². The first-order valence-electron chi connectivity index (χ1n) is 8.78. The van der Waals surface area contributed by atoms with Crippen molar-refractivity contribution in [3.8, 4) is 0 Å². The van der Waals surface area contributed by atoms with Crippen LogP contribution in [-0.4, -0.2) is 32.9 Å². The molecule has 25 heavy (non-hydrogen) atoms. The van der Waals surface area contributed by atoms with Crippen molar-refractivity contribution < 1.29 is 9.90 Å². The van der Waals surface area contributed by atoms with Crippen LogP contribution in [-0.2, 0) is 6.42 Å². The maximum absolute atomic E-state index is 12.4. The van der Waals surface area contributed by atoms with Crippen LogP contribution in [0.2, 0.25) is 0 Å². The van der Waals surface area contributed by atoms with Crippen molar-refractivity contribution in [3.05, 3.63) is 52.8 Å². The predicted molar refractivity (Wildman–Crippen MR) is 99.8 cm³/mol. The normalized spacial score (nSPS) is 12.9. The molecule has 2 rings (SSSR count). The first-order chi connectivity index (χ1) is 11.7. The molecule has 1 heterocycles. The largest absolute Gasteiger partial charge is 0.390 e. The van der Waals surface area contributed by atoms with E-state index in [0.717, 1.165) is 23.4 Å². The van der Waals surface area contributed by atoms with Gasteiger partial charge in [0.2, 0.25) is 0 Å². The molecule has 0 aliphatic carbocycles. The molecular formula is C20H29N3O2. The van der Waals surface area contributed by atoms with E-state index < -0.39 is 5.60 Å². The third kappa shape index (κ3) is 5.71. The highest BCUT2D eigenvalue weighted by molar-refractivity contribution is 5.94. The van der Waals surface area contributed by atoms with Gasteiger partial charge in [0.1, 0.15) is 0 Å². The fraction of sp³-hybridized carbons (Fsp3) is 0.500. The number of aromatic nitrogens is 2. The molecule has 0 aliphatic rings. The van der Waals surface area contributed by atoms with E-state index in [1.165, 1.54) is 0 Å². The van der Waals surface area contributed by atoms with Crippen LogP contribution in [0.1, 0.15) is 60.5 Å². The van der Waals surface area contributed by atoms with Crippen molar-refractivity contribution in [1.82, 2.24) is 15.1 Å². The minimum absolute atomic E-state index is 0.0847. The van der Waals surface area contributed by atoms with Crippen LogP contribution in [0.3, 0.4) is 0 Å². The van der Waals surface area contributed by atoms with Gasteiger partial charge in [0.05, 0.1) is 17.3 Å². The Morgan fingerprint density at radius 2 is 2.04 bits per heavy atom. The fourth-order valence-electron chi connectivity index (χ4n) is 2.84. The van der Waals surface area contributed by atoms with Crippen LogP contribution in [0.25, 0.3) is 0 Å². The number of carbonyl (C=O) groups excluding carboxylic acids is 1. The number of nitrogens with zero attached hydrogens (tertiary/aromatic N) is 2. The maximum atomic E-state index is 12.4. The second kappa shape index (κ2) is 7.83. The highest BCUT2D eigenvalue weighted by Gasteiger charge is 2.14. The molecule has 0 saturated carbocycles. The molecule has 5 nitrogen and oxygen atoms in total. The molecular weight excluding hydrogens is 314 g/mol. The highest BCUT2D eigenvalue weighted by atomic mass is 16.3. The number of nitrogens with one attached hydrogen (secondary N) is 1. The van der Waals surface area contributed by atoms with Crippen LogP contribution >= 0.6 is 0 Å². The molecule has 5 heteroatoms. The molecule has 1 aromatic heterocycles. The number of aliphatic hydroxyl groups is 1. The van der Waals surface area contributed by atoms with E-state index in [1.54, 1.807) is 13.8 Å². The van der Waals surface area contributed by atoms with Gasteiger partial charge in [-0.05, 0) is 71.2 Å². The van der Waals surface area contributed by atoms with E-state index in [-0.39, 0.29) is 11.9 Å². The first-order valence-corrected chi connectivity index (χ1v) is 8.78. The monoisotopic (exact) mass is 343 g/mol. The number of carbonyl (C=O) groups is 1. The fourth-order valence-corrected chi connectivity index (χ4v) is 2.84. The maximum Gasteiger partial charge on any atom is 0.251 e. The summed E-state index contributed by atoms with van der Waals surface area (Å²) in [7, 11) is 0. The van der Waals surface area contributed by atoms with Gasteiger partial charge in [-0.25, -0.2) is 0 Å². The third-order valence-corrected chi connectivity index (χ3v) is 4.23. The van der Waals surface area contributed by atoms with E-state index in [0.29, 0.717) is 18.5 Å². The molecule has 1 atom stereocenters. The summed E-state index contributed by atoms with van der Waals surface area (Å²) in [6.45, 7) is 10.1. The zero-order valence-corrected chi connectivity index (χ0v) is 15.8. The molecule has 0 saturated heterocycles. The Bertz CT molecular complexity index is 729. The average molecular weight is 343 g/mol. The lowest BCUT2D eigenvalue weighted by Gasteiger charge is -2.17. The summed E-state index contributed by atoms with van der Waals surface area (Å²) in [5, 5.41) is 17.3. The summed E-state index contributed by atoms with van der Waals surface area (Å²) < 4.78 is 1.94. The Morgan fingerprint density at radius 3 is 2.64 bits per heavy atom. The van der Waals surface area contributed by atoms with Gasteiger partial charge in [0.25, 0.3) is 5.91 Å². The molecule has 0 spiro atoms. The van der Waals surface area contributed by atoms with E-state index in [9.17, 15) is 9.90 Å². The molecule has 0 radical (unpaired) electrons. The van der Waals surface area contributed by atoms with E-state index in [4.69, 9.17) is 0 Å². The molecule has 0 fully saturated rings. The van der Waals surface area contributed by atoms with E-state index in [1.807, 2.05) is 55.8 Å². The lowest BCUT2D eigenvalue weighted by atomic mass is 9.98. The van der Waals surface area contributed by atoms with Gasteiger partial charge < -0.3 is 10.4 Å².